The van der Waals surface area contributed by atoms with Crippen LogP contribution in [-0.4, -0.2) is 40.8 Å². The second-order valence-corrected chi connectivity index (χ2v) is 26.2. The van der Waals surface area contributed by atoms with E-state index in [9.17, 15) is 13.6 Å². The fourth-order valence-corrected chi connectivity index (χ4v) is 11.8. The number of nitrogens with zero attached hydrogens (tertiary/aromatic N) is 6. The molecule has 0 bridgehead atoms. The maximum Gasteiger partial charge on any atom is 0.155 e. The minimum atomic E-state index is -0.394. The SMILES string of the molecule is CC(=O)C=C(C)O.Cc1cc(-c2[c-]cccc2)ncc1-c1ccccc1.Cc1cc(-c2[c-]cccc2)ncc1-c1ccccc1.Cc1cc(F)ccc1-c1ccc(-c2[c-]cccc2)nc1.[2H]c1[c-]c(-c2cc(C)c(-c3ccc(F)cc3)cn2)c([2H])c([2H])c1[2H].[2H]c1c([2H])c([2H])c(-c2cnc(-c3[c-]cccc3)cc2C)c([2H])c1[2H].[Ir].[Ir].[Ir].[Ir].[Ir].[c-]1ccccc1-c1ccccn1. The zero-order valence-corrected chi connectivity index (χ0v) is 78.5. The van der Waals surface area contributed by atoms with Gasteiger partial charge in [0.25, 0.3) is 0 Å². The van der Waals surface area contributed by atoms with Gasteiger partial charge in [0.1, 0.15) is 11.6 Å². The fourth-order valence-electron chi connectivity index (χ4n) is 11.8. The fraction of sp³-hybridized carbons (Fsp3) is 0.0660. The molecule has 0 saturated heterocycles. The molecule has 0 aliphatic heterocycles. The number of halogens is 2. The average Bonchev–Trinajstić information content (AvgIpc) is 0.780. The van der Waals surface area contributed by atoms with Gasteiger partial charge in [-0.1, -0.05) is 158 Å². The Labute approximate surface area is 790 Å². The summed E-state index contributed by atoms with van der Waals surface area (Å²) in [5.74, 6) is -0.585. The first-order chi connectivity index (χ1) is 60.3. The molecule has 0 aliphatic carbocycles. The summed E-state index contributed by atoms with van der Waals surface area (Å²) in [5.41, 5.74) is 24.2. The van der Waals surface area contributed by atoms with Crippen LogP contribution in [0.3, 0.4) is 0 Å². The second-order valence-electron chi connectivity index (χ2n) is 26.2. The number of benzene rings is 11. The second kappa shape index (κ2) is 52.0. The van der Waals surface area contributed by atoms with Gasteiger partial charge in [-0.2, -0.15) is 0 Å². The molecular weight excluding hydrogens is 2390 g/mol. The van der Waals surface area contributed by atoms with E-state index in [1.54, 1.807) is 48.9 Å². The number of carbonyl (C=O) groups is 1. The van der Waals surface area contributed by atoms with Crippen molar-refractivity contribution in [3.05, 3.63) is 458 Å². The predicted octanol–water partition coefficient (Wildman–Crippen LogP) is 26.5. The third-order valence-corrected chi connectivity index (χ3v) is 17.6. The molecule has 11 aromatic carbocycles. The standard InChI is InChI=1S/2C18H13FN.3C18H14N.C11H8N.C5H8O2.5Ir/c1-13-11-16(19)8-9-17(13)15-7-10-18(20-12-15)14-5-3-2-4-6-14;1-13-11-18(15-5-3-2-4-6-15)20-12-17(13)14-7-9-16(19)10-8-14;3*1-14-12-18(16-10-6-3-7-11-16)19-13-17(14)15-8-4-2-5-9-15;1-2-6-10(7-3-1)11-8-4-5-9-12-11;1-4(6)3-5(2)7;;;;;/h2*2-5,7-12H,1H3;3*2-10,12-13H,1H3;1-6,8-9H;3,6H,1-2H3;;;;;/q6*-1;;;;;;/i;2D,3D,4D,5D;2D,4D,5D,8D,9D;;;;;;;;;. The molecule has 17 aromatic rings. The van der Waals surface area contributed by atoms with Crippen LogP contribution in [0.4, 0.5) is 8.78 Å². The van der Waals surface area contributed by atoms with Gasteiger partial charge in [0.15, 0.2) is 5.78 Å². The Kier molecular flexibility index (Phi) is 36.3. The topological polar surface area (TPSA) is 115 Å². The van der Waals surface area contributed by atoms with Crippen molar-refractivity contribution in [1.82, 2.24) is 29.9 Å². The van der Waals surface area contributed by atoms with Gasteiger partial charge in [-0.15, -0.1) is 215 Å². The van der Waals surface area contributed by atoms with Gasteiger partial charge in [0, 0.05) is 169 Å². The predicted molar refractivity (Wildman–Crippen MR) is 469 cm³/mol. The Bertz CT molecular complexity index is 6330. The van der Waals surface area contributed by atoms with Gasteiger partial charge in [-0.3, -0.25) is 4.79 Å². The Balaban J connectivity index is 0.000000237. The Morgan fingerprint density at radius 3 is 1.02 bits per heavy atom. The van der Waals surface area contributed by atoms with Crippen molar-refractivity contribution >= 4 is 5.78 Å². The molecule has 0 fully saturated rings. The van der Waals surface area contributed by atoms with Gasteiger partial charge in [-0.25, -0.2) is 8.78 Å². The number of aliphatic hydroxyl groups excluding tert-OH is 1. The van der Waals surface area contributed by atoms with Gasteiger partial charge in [0.2, 0.25) is 0 Å². The van der Waals surface area contributed by atoms with Crippen molar-refractivity contribution in [3.8, 4) is 123 Å². The number of pyridine rings is 6. The summed E-state index contributed by atoms with van der Waals surface area (Å²) < 4.78 is 96.6. The van der Waals surface area contributed by atoms with E-state index in [1.165, 1.54) is 77.6 Å². The number of allylic oxidation sites excluding steroid dienone is 2. The first kappa shape index (κ1) is 84.6. The van der Waals surface area contributed by atoms with Crippen LogP contribution in [-0.2, 0) is 105 Å². The molecule has 6 aromatic heterocycles. The maximum absolute atomic E-state index is 13.1. The Hall–Kier alpha value is -11.4. The molecule has 0 spiro atoms. The normalized spacial score (nSPS) is 11.0. The zero-order chi connectivity index (χ0) is 89.1. The van der Waals surface area contributed by atoms with E-state index < -0.39 is 6.04 Å². The summed E-state index contributed by atoms with van der Waals surface area (Å²) in [4.78, 5) is 36.5. The summed E-state index contributed by atoms with van der Waals surface area (Å²) in [6, 6.07) is 104. The number of carbonyl (C=O) groups excluding carboxylic acids is 1. The Morgan fingerprint density at radius 2 is 0.661 bits per heavy atom. The number of ketones is 1. The molecule has 17 rings (SSSR count). The summed E-state index contributed by atoms with van der Waals surface area (Å²) in [7, 11) is 0. The molecule has 1 N–H and O–H groups in total. The van der Waals surface area contributed by atoms with E-state index in [2.05, 4.69) is 117 Å². The number of aryl methyl sites for hydroxylation is 5. The van der Waals surface area contributed by atoms with E-state index in [4.69, 9.17) is 17.4 Å². The average molecular weight is 2480 g/mol. The molecule has 615 valence electrons. The van der Waals surface area contributed by atoms with Gasteiger partial charge >= 0.3 is 0 Å². The van der Waals surface area contributed by atoms with Crippen LogP contribution < -0.4 is 0 Å². The molecule has 6 heterocycles. The third-order valence-electron chi connectivity index (χ3n) is 17.6. The first-order valence-corrected chi connectivity index (χ1v) is 37.0. The van der Waals surface area contributed by atoms with Crippen molar-refractivity contribution in [1.29, 1.82) is 0 Å². The van der Waals surface area contributed by atoms with Crippen LogP contribution >= 0.6 is 0 Å². The number of hydrogen-bond acceptors (Lipinski definition) is 8. The molecule has 0 atom stereocenters. The van der Waals surface area contributed by atoms with Gasteiger partial charge in [-0.05, 0) is 177 Å². The van der Waals surface area contributed by atoms with Crippen molar-refractivity contribution in [2.45, 2.75) is 48.5 Å². The van der Waals surface area contributed by atoms with Gasteiger partial charge in [0.05, 0.1) is 12.6 Å². The van der Waals surface area contributed by atoms with E-state index in [0.717, 1.165) is 95.2 Å². The van der Waals surface area contributed by atoms with Crippen molar-refractivity contribution < 1.29 is 132 Å². The van der Waals surface area contributed by atoms with E-state index in [1.807, 2.05) is 227 Å². The number of aliphatic hydroxyl groups is 1. The quantitative estimate of drug-likeness (QED) is 0.0731. The third kappa shape index (κ3) is 30.4. The minimum Gasteiger partial charge on any atom is -0.512 e. The smallest absolute Gasteiger partial charge is 0.155 e. The zero-order valence-electron chi connectivity index (χ0n) is 75.6. The molecule has 15 heteroatoms. The molecule has 0 amide bonds. The monoisotopic (exact) mass is 2480 g/mol. The van der Waals surface area contributed by atoms with Crippen molar-refractivity contribution in [3.63, 3.8) is 0 Å². The van der Waals surface area contributed by atoms with Crippen LogP contribution in [0, 0.1) is 82.7 Å². The minimum absolute atomic E-state index is 0. The number of hydrogen-bond donors (Lipinski definition) is 1. The van der Waals surface area contributed by atoms with Crippen LogP contribution in [0.5, 0.6) is 0 Å². The largest absolute Gasteiger partial charge is 0.512 e. The summed E-state index contributed by atoms with van der Waals surface area (Å²) in [6.07, 6.45) is 11.8. The number of rotatable bonds is 12. The maximum atomic E-state index is 13.1. The van der Waals surface area contributed by atoms with Crippen LogP contribution in [0.15, 0.2) is 382 Å². The molecule has 0 saturated carbocycles. The van der Waals surface area contributed by atoms with Crippen molar-refractivity contribution in [2.24, 2.45) is 0 Å². The van der Waals surface area contributed by atoms with E-state index in [0.29, 0.717) is 11.3 Å². The van der Waals surface area contributed by atoms with Crippen LogP contribution in [0.25, 0.3) is 123 Å². The molecule has 5 radical (unpaired) electrons. The summed E-state index contributed by atoms with van der Waals surface area (Å²) in [6.45, 7) is 12.7. The molecule has 8 nitrogen and oxygen atoms in total. The van der Waals surface area contributed by atoms with Crippen LogP contribution in [0.1, 0.15) is 54.0 Å². The van der Waals surface area contributed by atoms with E-state index >= 15 is 0 Å². The van der Waals surface area contributed by atoms with Crippen molar-refractivity contribution in [2.75, 3.05) is 0 Å². The molecule has 121 heavy (non-hydrogen) atoms. The molecule has 0 unspecified atom stereocenters. The molecular formula is C106H84F2Ir5N6O2-6. The van der Waals surface area contributed by atoms with E-state index in [-0.39, 0.29) is 183 Å². The molecule has 0 aliphatic rings. The van der Waals surface area contributed by atoms with Crippen LogP contribution in [0.2, 0.25) is 0 Å². The summed E-state index contributed by atoms with van der Waals surface area (Å²) in [5, 5.41) is 8.36. The Morgan fingerprint density at radius 1 is 0.314 bits per heavy atom. The first-order valence-electron chi connectivity index (χ1n) is 41.5. The summed E-state index contributed by atoms with van der Waals surface area (Å²) >= 11 is 0. The van der Waals surface area contributed by atoms with Gasteiger partial charge < -0.3 is 35.0 Å². The number of aromatic nitrogens is 6.